The molecule has 112 valence electrons. The molecule has 0 unspecified atom stereocenters. The van der Waals surface area contributed by atoms with E-state index in [-0.39, 0.29) is 11.9 Å². The average molecular weight is 328 g/mol. The Morgan fingerprint density at radius 2 is 1.90 bits per heavy atom. The largest absolute Gasteiger partial charge is 0.455 e. The van der Waals surface area contributed by atoms with Gasteiger partial charge in [0.25, 0.3) is 0 Å². The number of halogens is 3. The summed E-state index contributed by atoms with van der Waals surface area (Å²) in [6.45, 7) is 4.37. The maximum atomic E-state index is 14.0. The van der Waals surface area contributed by atoms with E-state index in [2.05, 4.69) is 5.32 Å². The van der Waals surface area contributed by atoms with E-state index < -0.39 is 0 Å². The highest BCUT2D eigenvalue weighted by molar-refractivity contribution is 6.35. The molecule has 5 heteroatoms. The van der Waals surface area contributed by atoms with Crippen LogP contribution in [-0.2, 0) is 6.54 Å². The fourth-order valence-corrected chi connectivity index (χ4v) is 2.24. The van der Waals surface area contributed by atoms with Crippen LogP contribution >= 0.6 is 23.2 Å². The zero-order valence-corrected chi connectivity index (χ0v) is 13.3. The van der Waals surface area contributed by atoms with Crippen molar-refractivity contribution >= 4 is 23.2 Å². The van der Waals surface area contributed by atoms with Crippen LogP contribution < -0.4 is 10.1 Å². The van der Waals surface area contributed by atoms with Crippen LogP contribution in [0.25, 0.3) is 0 Å². The molecule has 0 aliphatic heterocycles. The molecule has 0 spiro atoms. The van der Waals surface area contributed by atoms with Crippen LogP contribution in [0.15, 0.2) is 36.4 Å². The molecule has 0 amide bonds. The van der Waals surface area contributed by atoms with Crippen molar-refractivity contribution < 1.29 is 9.13 Å². The van der Waals surface area contributed by atoms with Crippen LogP contribution in [0, 0.1) is 5.82 Å². The maximum absolute atomic E-state index is 14.0. The van der Waals surface area contributed by atoms with Crippen molar-refractivity contribution in [3.63, 3.8) is 0 Å². The van der Waals surface area contributed by atoms with E-state index in [1.807, 2.05) is 13.8 Å². The second-order valence-corrected chi connectivity index (χ2v) is 5.77. The zero-order chi connectivity index (χ0) is 15.4. The van der Waals surface area contributed by atoms with Gasteiger partial charge in [0.1, 0.15) is 17.3 Å². The SMILES string of the molecule is CC(C)NCc1c(F)cccc1Oc1ccc(Cl)cc1Cl. The summed E-state index contributed by atoms with van der Waals surface area (Å²) in [6.07, 6.45) is 0. The van der Waals surface area contributed by atoms with E-state index in [4.69, 9.17) is 27.9 Å². The molecule has 2 aromatic rings. The van der Waals surface area contributed by atoms with Gasteiger partial charge in [-0.15, -0.1) is 0 Å². The van der Waals surface area contributed by atoms with Crippen LogP contribution in [0.5, 0.6) is 11.5 Å². The molecule has 0 heterocycles. The lowest BCUT2D eigenvalue weighted by atomic mass is 10.1. The summed E-state index contributed by atoms with van der Waals surface area (Å²) in [5.74, 6) is 0.565. The number of nitrogens with one attached hydrogen (secondary N) is 1. The summed E-state index contributed by atoms with van der Waals surface area (Å²) in [5.41, 5.74) is 0.470. The first-order valence-corrected chi connectivity index (χ1v) is 7.36. The predicted octanol–water partition coefficient (Wildman–Crippen LogP) is 5.42. The quantitative estimate of drug-likeness (QED) is 0.791. The fourth-order valence-electron chi connectivity index (χ4n) is 1.79. The smallest absolute Gasteiger partial charge is 0.146 e. The first kappa shape index (κ1) is 16.1. The van der Waals surface area contributed by atoms with E-state index in [9.17, 15) is 4.39 Å². The van der Waals surface area contributed by atoms with Crippen LogP contribution in [0.1, 0.15) is 19.4 Å². The summed E-state index contributed by atoms with van der Waals surface area (Å²) in [5, 5.41) is 4.08. The molecular formula is C16H16Cl2FNO. The van der Waals surface area contributed by atoms with Gasteiger partial charge in [-0.2, -0.15) is 0 Å². The Morgan fingerprint density at radius 1 is 1.14 bits per heavy atom. The fraction of sp³-hybridized carbons (Fsp3) is 0.250. The molecule has 0 aliphatic rings. The van der Waals surface area contributed by atoms with Crippen molar-refractivity contribution in [3.8, 4) is 11.5 Å². The minimum atomic E-state index is -0.314. The van der Waals surface area contributed by atoms with Crippen LogP contribution in [0.4, 0.5) is 4.39 Å². The number of hydrogen-bond acceptors (Lipinski definition) is 2. The lowest BCUT2D eigenvalue weighted by Gasteiger charge is -2.15. The predicted molar refractivity (Wildman–Crippen MR) is 84.9 cm³/mol. The molecule has 0 saturated carbocycles. The standard InChI is InChI=1S/C16H16Cl2FNO/c1-10(2)20-9-12-14(19)4-3-5-15(12)21-16-7-6-11(17)8-13(16)18/h3-8,10,20H,9H2,1-2H3. The average Bonchev–Trinajstić information content (AvgIpc) is 2.41. The van der Waals surface area contributed by atoms with Gasteiger partial charge < -0.3 is 10.1 Å². The number of rotatable bonds is 5. The van der Waals surface area contributed by atoms with Crippen molar-refractivity contribution in [3.05, 3.63) is 57.8 Å². The molecule has 2 aromatic carbocycles. The summed E-state index contributed by atoms with van der Waals surface area (Å²) in [4.78, 5) is 0. The van der Waals surface area contributed by atoms with Crippen molar-refractivity contribution in [2.75, 3.05) is 0 Å². The Labute approximate surface area is 133 Å². The van der Waals surface area contributed by atoms with E-state index >= 15 is 0 Å². The molecule has 0 saturated heterocycles. The highest BCUT2D eigenvalue weighted by atomic mass is 35.5. The molecule has 1 N–H and O–H groups in total. The molecule has 0 fully saturated rings. The van der Waals surface area contributed by atoms with Crippen molar-refractivity contribution in [2.24, 2.45) is 0 Å². The number of benzene rings is 2. The van der Waals surface area contributed by atoms with Gasteiger partial charge in [-0.1, -0.05) is 43.1 Å². The van der Waals surface area contributed by atoms with Crippen molar-refractivity contribution in [1.82, 2.24) is 5.32 Å². The van der Waals surface area contributed by atoms with E-state index in [1.54, 1.807) is 30.3 Å². The molecule has 0 radical (unpaired) electrons. The lowest BCUT2D eigenvalue weighted by molar-refractivity contribution is 0.458. The minimum Gasteiger partial charge on any atom is -0.455 e. The molecule has 0 aromatic heterocycles. The second kappa shape index (κ2) is 7.12. The highest BCUT2D eigenvalue weighted by Crippen LogP contribution is 2.33. The third-order valence-electron chi connectivity index (χ3n) is 2.88. The highest BCUT2D eigenvalue weighted by Gasteiger charge is 2.12. The first-order chi connectivity index (χ1) is 9.97. The zero-order valence-electron chi connectivity index (χ0n) is 11.8. The van der Waals surface area contributed by atoms with Gasteiger partial charge in [-0.05, 0) is 30.3 Å². The van der Waals surface area contributed by atoms with Crippen LogP contribution in [0.3, 0.4) is 0 Å². The Balaban J connectivity index is 2.28. The molecule has 0 aliphatic carbocycles. The third-order valence-corrected chi connectivity index (χ3v) is 3.41. The van der Waals surface area contributed by atoms with Gasteiger partial charge in [0.2, 0.25) is 0 Å². The van der Waals surface area contributed by atoms with Gasteiger partial charge in [0.15, 0.2) is 0 Å². The minimum absolute atomic E-state index is 0.247. The van der Waals surface area contributed by atoms with E-state index in [1.165, 1.54) is 6.07 Å². The number of ether oxygens (including phenoxy) is 1. The van der Waals surface area contributed by atoms with Crippen molar-refractivity contribution in [1.29, 1.82) is 0 Å². The molecule has 0 bridgehead atoms. The summed E-state index contributed by atoms with van der Waals surface area (Å²) in [7, 11) is 0. The summed E-state index contributed by atoms with van der Waals surface area (Å²) < 4.78 is 19.7. The van der Waals surface area contributed by atoms with Crippen LogP contribution in [0.2, 0.25) is 10.0 Å². The van der Waals surface area contributed by atoms with Gasteiger partial charge in [-0.3, -0.25) is 0 Å². The van der Waals surface area contributed by atoms with Gasteiger partial charge in [0, 0.05) is 23.2 Å². The summed E-state index contributed by atoms with van der Waals surface area (Å²) in [6, 6.07) is 9.90. The van der Waals surface area contributed by atoms with E-state index in [0.717, 1.165) is 0 Å². The molecule has 0 atom stereocenters. The third kappa shape index (κ3) is 4.34. The van der Waals surface area contributed by atoms with Gasteiger partial charge >= 0.3 is 0 Å². The molecule has 2 nitrogen and oxygen atoms in total. The molecule has 21 heavy (non-hydrogen) atoms. The van der Waals surface area contributed by atoms with Gasteiger partial charge in [-0.25, -0.2) is 4.39 Å². The lowest BCUT2D eigenvalue weighted by Crippen LogP contribution is -2.22. The van der Waals surface area contributed by atoms with Crippen LogP contribution in [-0.4, -0.2) is 6.04 Å². The Hall–Kier alpha value is -1.29. The maximum Gasteiger partial charge on any atom is 0.146 e. The monoisotopic (exact) mass is 327 g/mol. The topological polar surface area (TPSA) is 21.3 Å². The molecule has 2 rings (SSSR count). The van der Waals surface area contributed by atoms with Crippen molar-refractivity contribution in [2.45, 2.75) is 26.4 Å². The second-order valence-electron chi connectivity index (χ2n) is 4.93. The Bertz CT molecular complexity index is 632. The summed E-state index contributed by atoms with van der Waals surface area (Å²) >= 11 is 11.9. The first-order valence-electron chi connectivity index (χ1n) is 6.61. The normalized spacial score (nSPS) is 11.0. The van der Waals surface area contributed by atoms with Gasteiger partial charge in [0.05, 0.1) is 5.02 Å². The Kier molecular flexibility index (Phi) is 5.45. The molecular weight excluding hydrogens is 312 g/mol. The Morgan fingerprint density at radius 3 is 2.57 bits per heavy atom. The number of hydrogen-bond donors (Lipinski definition) is 1. The van der Waals surface area contributed by atoms with E-state index in [0.29, 0.717) is 33.7 Å².